The van der Waals surface area contributed by atoms with Gasteiger partial charge in [0.05, 0.1) is 20.3 Å². The number of hydrogen-bond acceptors (Lipinski definition) is 4. The molecule has 0 atom stereocenters. The Balaban J connectivity index is 1.86. The predicted molar refractivity (Wildman–Crippen MR) is 101 cm³/mol. The number of rotatable bonds is 8. The molecule has 0 aliphatic rings. The van der Waals surface area contributed by atoms with Crippen molar-refractivity contribution in [2.45, 2.75) is 6.92 Å². The van der Waals surface area contributed by atoms with Gasteiger partial charge in [0, 0.05) is 24.9 Å². The van der Waals surface area contributed by atoms with Gasteiger partial charge in [-0.3, -0.25) is 4.99 Å². The number of hydrogen-bond donors (Lipinski definition) is 2. The zero-order valence-electron chi connectivity index (χ0n) is 15.2. The lowest BCUT2D eigenvalue weighted by Gasteiger charge is -2.15. The Morgan fingerprint density at radius 1 is 1.12 bits per heavy atom. The third-order valence-electron chi connectivity index (χ3n) is 3.41. The van der Waals surface area contributed by atoms with Crippen molar-refractivity contribution in [3.05, 3.63) is 48.3 Å². The van der Waals surface area contributed by atoms with Crippen LogP contribution < -0.4 is 24.8 Å². The van der Waals surface area contributed by atoms with Crippen molar-refractivity contribution in [3.63, 3.8) is 0 Å². The monoisotopic (exact) mass is 361 g/mol. The molecule has 0 saturated carbocycles. The number of methoxy groups -OCH3 is 1. The Morgan fingerprint density at radius 3 is 2.65 bits per heavy atom. The van der Waals surface area contributed by atoms with Crippen molar-refractivity contribution in [1.29, 1.82) is 0 Å². The van der Waals surface area contributed by atoms with E-state index in [-0.39, 0.29) is 5.82 Å². The van der Waals surface area contributed by atoms with Gasteiger partial charge in [0.25, 0.3) is 0 Å². The molecule has 0 aliphatic carbocycles. The molecule has 0 spiro atoms. The second-order valence-electron chi connectivity index (χ2n) is 5.23. The highest BCUT2D eigenvalue weighted by molar-refractivity contribution is 5.93. The van der Waals surface area contributed by atoms with Crippen molar-refractivity contribution >= 4 is 11.6 Å². The van der Waals surface area contributed by atoms with Gasteiger partial charge in [-0.1, -0.05) is 6.07 Å². The summed E-state index contributed by atoms with van der Waals surface area (Å²) in [6, 6.07) is 11.6. The fourth-order valence-corrected chi connectivity index (χ4v) is 2.23. The molecule has 2 aromatic carbocycles. The SMILES string of the molecule is CCOc1cc(NC(=NC)NCCOc2cccc(F)c2)ccc1OC. The molecule has 0 aliphatic heterocycles. The molecular formula is C19H24FN3O3. The van der Waals surface area contributed by atoms with E-state index >= 15 is 0 Å². The zero-order chi connectivity index (χ0) is 18.8. The number of nitrogens with zero attached hydrogens (tertiary/aromatic N) is 1. The summed E-state index contributed by atoms with van der Waals surface area (Å²) in [4.78, 5) is 4.17. The summed E-state index contributed by atoms with van der Waals surface area (Å²) in [5.41, 5.74) is 0.813. The third kappa shape index (κ3) is 5.84. The summed E-state index contributed by atoms with van der Waals surface area (Å²) in [6.45, 7) is 3.34. The highest BCUT2D eigenvalue weighted by Crippen LogP contribution is 2.30. The highest BCUT2D eigenvalue weighted by Gasteiger charge is 2.07. The summed E-state index contributed by atoms with van der Waals surface area (Å²) in [5.74, 6) is 2.08. The summed E-state index contributed by atoms with van der Waals surface area (Å²) >= 11 is 0. The normalized spacial score (nSPS) is 11.0. The van der Waals surface area contributed by atoms with Gasteiger partial charge in [0.15, 0.2) is 17.5 Å². The molecule has 0 saturated heterocycles. The van der Waals surface area contributed by atoms with Crippen LogP contribution in [0.3, 0.4) is 0 Å². The maximum atomic E-state index is 13.1. The van der Waals surface area contributed by atoms with Crippen LogP contribution in [0.25, 0.3) is 0 Å². The maximum absolute atomic E-state index is 13.1. The first-order chi connectivity index (χ1) is 12.7. The van der Waals surface area contributed by atoms with E-state index in [1.165, 1.54) is 12.1 Å². The minimum Gasteiger partial charge on any atom is -0.493 e. The largest absolute Gasteiger partial charge is 0.493 e. The fourth-order valence-electron chi connectivity index (χ4n) is 2.23. The molecule has 0 unspecified atom stereocenters. The van der Waals surface area contributed by atoms with E-state index in [4.69, 9.17) is 14.2 Å². The number of guanidine groups is 1. The number of halogens is 1. The molecule has 2 rings (SSSR count). The topological polar surface area (TPSA) is 64.1 Å². The number of ether oxygens (including phenoxy) is 3. The Kier molecular flexibility index (Phi) is 7.54. The van der Waals surface area contributed by atoms with Crippen molar-refractivity contribution in [2.24, 2.45) is 4.99 Å². The quantitative estimate of drug-likeness (QED) is 0.429. The number of anilines is 1. The van der Waals surface area contributed by atoms with Crippen LogP contribution in [0.15, 0.2) is 47.5 Å². The zero-order valence-corrected chi connectivity index (χ0v) is 15.2. The number of benzene rings is 2. The third-order valence-corrected chi connectivity index (χ3v) is 3.41. The Labute approximate surface area is 153 Å². The summed E-state index contributed by atoms with van der Waals surface area (Å²) in [5, 5.41) is 6.31. The molecule has 7 heteroatoms. The average molecular weight is 361 g/mol. The summed E-state index contributed by atoms with van der Waals surface area (Å²) < 4.78 is 29.4. The van der Waals surface area contributed by atoms with Gasteiger partial charge in [-0.05, 0) is 31.2 Å². The fraction of sp³-hybridized carbons (Fsp3) is 0.316. The van der Waals surface area contributed by atoms with Crippen LogP contribution in [0.4, 0.5) is 10.1 Å². The van der Waals surface area contributed by atoms with Gasteiger partial charge >= 0.3 is 0 Å². The molecule has 2 aromatic rings. The molecule has 26 heavy (non-hydrogen) atoms. The van der Waals surface area contributed by atoms with Crippen molar-refractivity contribution in [1.82, 2.24) is 5.32 Å². The van der Waals surface area contributed by atoms with Crippen molar-refractivity contribution in [3.8, 4) is 17.2 Å². The Morgan fingerprint density at radius 2 is 1.96 bits per heavy atom. The van der Waals surface area contributed by atoms with Crippen molar-refractivity contribution < 1.29 is 18.6 Å². The second kappa shape index (κ2) is 10.1. The van der Waals surface area contributed by atoms with E-state index < -0.39 is 0 Å². The van der Waals surface area contributed by atoms with Gasteiger partial charge in [0.1, 0.15) is 18.2 Å². The first-order valence-electron chi connectivity index (χ1n) is 8.33. The van der Waals surface area contributed by atoms with Crippen LogP contribution in [-0.2, 0) is 0 Å². The summed E-state index contributed by atoms with van der Waals surface area (Å²) in [7, 11) is 3.28. The van der Waals surface area contributed by atoms with E-state index in [1.807, 2.05) is 25.1 Å². The Hall–Kier alpha value is -2.96. The predicted octanol–water partition coefficient (Wildman–Crippen LogP) is 3.30. The van der Waals surface area contributed by atoms with Crippen molar-refractivity contribution in [2.75, 3.05) is 39.2 Å². The second-order valence-corrected chi connectivity index (χ2v) is 5.23. The first kappa shape index (κ1) is 19.4. The van der Waals surface area contributed by atoms with Crippen LogP contribution in [-0.4, -0.2) is 39.9 Å². The molecule has 0 fully saturated rings. The van der Waals surface area contributed by atoms with Gasteiger partial charge in [0.2, 0.25) is 0 Å². The standard InChI is InChI=1S/C19H24FN3O3/c1-4-25-18-13-15(8-9-17(18)24-3)23-19(21-2)22-10-11-26-16-7-5-6-14(20)12-16/h5-9,12-13H,4,10-11H2,1-3H3,(H2,21,22,23). The molecule has 0 heterocycles. The minimum absolute atomic E-state index is 0.322. The Bertz CT molecular complexity index is 738. The van der Waals surface area contributed by atoms with E-state index in [1.54, 1.807) is 26.3 Å². The number of aliphatic imine (C=N–C) groups is 1. The van der Waals surface area contributed by atoms with Crippen LogP contribution in [0.1, 0.15) is 6.92 Å². The first-order valence-corrected chi connectivity index (χ1v) is 8.33. The molecule has 0 radical (unpaired) electrons. The van der Waals surface area contributed by atoms with Crippen LogP contribution in [0.5, 0.6) is 17.2 Å². The molecule has 140 valence electrons. The van der Waals surface area contributed by atoms with E-state index in [2.05, 4.69) is 15.6 Å². The van der Waals surface area contributed by atoms with E-state index in [9.17, 15) is 4.39 Å². The van der Waals surface area contributed by atoms with Crippen LogP contribution in [0.2, 0.25) is 0 Å². The lowest BCUT2D eigenvalue weighted by Crippen LogP contribution is -2.33. The summed E-state index contributed by atoms with van der Waals surface area (Å²) in [6.07, 6.45) is 0. The molecular weight excluding hydrogens is 337 g/mol. The molecule has 6 nitrogen and oxygen atoms in total. The highest BCUT2D eigenvalue weighted by atomic mass is 19.1. The lowest BCUT2D eigenvalue weighted by molar-refractivity contribution is 0.311. The van der Waals surface area contributed by atoms with E-state index in [0.717, 1.165) is 5.69 Å². The smallest absolute Gasteiger partial charge is 0.195 e. The minimum atomic E-state index is -0.322. The maximum Gasteiger partial charge on any atom is 0.195 e. The van der Waals surface area contributed by atoms with Crippen LogP contribution in [0, 0.1) is 5.82 Å². The lowest BCUT2D eigenvalue weighted by atomic mass is 10.2. The van der Waals surface area contributed by atoms with E-state index in [0.29, 0.717) is 43.0 Å². The van der Waals surface area contributed by atoms with Gasteiger partial charge < -0.3 is 24.8 Å². The molecule has 0 bridgehead atoms. The van der Waals surface area contributed by atoms with Gasteiger partial charge in [-0.25, -0.2) is 4.39 Å². The van der Waals surface area contributed by atoms with Crippen LogP contribution >= 0.6 is 0 Å². The molecule has 2 N–H and O–H groups in total. The average Bonchev–Trinajstić information content (AvgIpc) is 2.65. The van der Waals surface area contributed by atoms with Gasteiger partial charge in [-0.15, -0.1) is 0 Å². The number of nitrogens with one attached hydrogen (secondary N) is 2. The van der Waals surface area contributed by atoms with Gasteiger partial charge in [-0.2, -0.15) is 0 Å². The molecule has 0 amide bonds. The molecule has 0 aromatic heterocycles.